The fraction of sp³-hybridized carbons (Fsp3) is 0.250. The van der Waals surface area contributed by atoms with E-state index in [0.29, 0.717) is 5.82 Å². The first-order chi connectivity index (χ1) is 13.3. The monoisotopic (exact) mass is 363 g/mol. The van der Waals surface area contributed by atoms with Crippen molar-refractivity contribution in [2.45, 2.75) is 6.54 Å². The minimum Gasteiger partial charge on any atom is -0.459 e. The largest absolute Gasteiger partial charge is 0.459 e. The first-order valence-corrected chi connectivity index (χ1v) is 8.96. The van der Waals surface area contributed by atoms with Gasteiger partial charge in [-0.1, -0.05) is 30.3 Å². The number of carbonyl (C=O) groups is 1. The van der Waals surface area contributed by atoms with Crippen LogP contribution in [0.15, 0.2) is 65.5 Å². The predicted molar refractivity (Wildman–Crippen MR) is 103 cm³/mol. The van der Waals surface area contributed by atoms with Gasteiger partial charge in [-0.15, -0.1) is 0 Å². The Hall–Kier alpha value is -3.19. The van der Waals surface area contributed by atoms with E-state index >= 15 is 0 Å². The van der Waals surface area contributed by atoms with Gasteiger partial charge in [0.2, 0.25) is 0 Å². The predicted octanol–water partition coefficient (Wildman–Crippen LogP) is 2.64. The molecule has 27 heavy (non-hydrogen) atoms. The number of nitrogens with zero attached hydrogens (tertiary/aromatic N) is 4. The molecule has 1 aliphatic rings. The quantitative estimate of drug-likeness (QED) is 0.751. The number of nitrogens with one attached hydrogen (secondary N) is 1. The van der Waals surface area contributed by atoms with Crippen LogP contribution < -0.4 is 10.2 Å². The zero-order chi connectivity index (χ0) is 18.5. The number of hydrogen-bond donors (Lipinski definition) is 1. The van der Waals surface area contributed by atoms with Crippen LogP contribution in [0.4, 0.5) is 11.6 Å². The Labute approximate surface area is 157 Å². The second kappa shape index (κ2) is 8.01. The number of carbonyl (C=O) groups excluding carboxylic acids is 1. The second-order valence-corrected chi connectivity index (χ2v) is 6.44. The average molecular weight is 363 g/mol. The summed E-state index contributed by atoms with van der Waals surface area (Å²) in [6.45, 7) is 4.66. The number of amides is 1. The van der Waals surface area contributed by atoms with Crippen molar-refractivity contribution in [3.63, 3.8) is 0 Å². The maximum atomic E-state index is 12.1. The molecule has 1 N–H and O–H groups in total. The second-order valence-electron chi connectivity index (χ2n) is 6.44. The van der Waals surface area contributed by atoms with Crippen molar-refractivity contribution in [2.75, 3.05) is 36.4 Å². The lowest BCUT2D eigenvalue weighted by Crippen LogP contribution is -2.46. The number of benzene rings is 1. The number of aromatic nitrogens is 2. The van der Waals surface area contributed by atoms with Gasteiger partial charge in [0.05, 0.1) is 6.26 Å². The Morgan fingerprint density at radius 3 is 2.59 bits per heavy atom. The van der Waals surface area contributed by atoms with Crippen LogP contribution in [0.3, 0.4) is 0 Å². The third kappa shape index (κ3) is 4.32. The number of furan rings is 1. The van der Waals surface area contributed by atoms with Gasteiger partial charge in [-0.25, -0.2) is 9.97 Å². The summed E-state index contributed by atoms with van der Waals surface area (Å²) in [5, 5.41) is 2.74. The molecule has 3 heterocycles. The molecule has 138 valence electrons. The van der Waals surface area contributed by atoms with Gasteiger partial charge in [-0.2, -0.15) is 0 Å². The summed E-state index contributed by atoms with van der Waals surface area (Å²) in [4.78, 5) is 25.2. The Kier molecular flexibility index (Phi) is 5.11. The molecule has 0 saturated carbocycles. The van der Waals surface area contributed by atoms with Crippen LogP contribution in [-0.4, -0.2) is 47.0 Å². The molecule has 1 fully saturated rings. The molecule has 0 bridgehead atoms. The van der Waals surface area contributed by atoms with E-state index < -0.39 is 0 Å². The van der Waals surface area contributed by atoms with Crippen molar-refractivity contribution in [2.24, 2.45) is 0 Å². The molecule has 1 amide bonds. The molecule has 0 spiro atoms. The van der Waals surface area contributed by atoms with Crippen molar-refractivity contribution >= 4 is 17.5 Å². The molecule has 3 aromatic rings. The Morgan fingerprint density at radius 2 is 1.85 bits per heavy atom. The zero-order valence-corrected chi connectivity index (χ0v) is 14.9. The van der Waals surface area contributed by atoms with Crippen LogP contribution in [0.2, 0.25) is 0 Å². The molecule has 1 aliphatic heterocycles. The summed E-state index contributed by atoms with van der Waals surface area (Å²) in [6, 6.07) is 15.6. The van der Waals surface area contributed by atoms with E-state index in [1.54, 1.807) is 18.2 Å². The van der Waals surface area contributed by atoms with Gasteiger partial charge in [-0.3, -0.25) is 9.69 Å². The van der Waals surface area contributed by atoms with Crippen molar-refractivity contribution in [3.8, 4) is 0 Å². The number of rotatable bonds is 5. The van der Waals surface area contributed by atoms with Gasteiger partial charge in [0.15, 0.2) is 5.76 Å². The van der Waals surface area contributed by atoms with Crippen molar-refractivity contribution in [3.05, 3.63) is 72.4 Å². The van der Waals surface area contributed by atoms with Crippen molar-refractivity contribution in [1.82, 2.24) is 14.9 Å². The fourth-order valence-corrected chi connectivity index (χ4v) is 3.15. The first-order valence-electron chi connectivity index (χ1n) is 8.96. The molecular formula is C20H21N5O2. The van der Waals surface area contributed by atoms with Crippen LogP contribution in [0, 0.1) is 0 Å². The molecule has 7 nitrogen and oxygen atoms in total. The number of anilines is 2. The topological polar surface area (TPSA) is 74.5 Å². The Balaban J connectivity index is 1.35. The van der Waals surface area contributed by atoms with Gasteiger partial charge in [0.1, 0.15) is 18.0 Å². The van der Waals surface area contributed by atoms with E-state index in [-0.39, 0.29) is 11.7 Å². The molecule has 0 aliphatic carbocycles. The van der Waals surface area contributed by atoms with Gasteiger partial charge in [-0.05, 0) is 17.7 Å². The normalized spacial score (nSPS) is 14.9. The SMILES string of the molecule is O=C(Nc1cc(N2CCN(Cc3ccccc3)CC2)ncn1)c1ccco1. The summed E-state index contributed by atoms with van der Waals surface area (Å²) >= 11 is 0. The Morgan fingerprint density at radius 1 is 1.04 bits per heavy atom. The summed E-state index contributed by atoms with van der Waals surface area (Å²) in [7, 11) is 0. The average Bonchev–Trinajstić information content (AvgIpc) is 3.25. The molecule has 1 saturated heterocycles. The van der Waals surface area contributed by atoms with Gasteiger partial charge in [0, 0.05) is 38.8 Å². The molecule has 0 unspecified atom stereocenters. The Bertz CT molecular complexity index is 874. The maximum absolute atomic E-state index is 12.1. The van der Waals surface area contributed by atoms with Gasteiger partial charge < -0.3 is 14.6 Å². The number of hydrogen-bond acceptors (Lipinski definition) is 6. The van der Waals surface area contributed by atoms with Crippen molar-refractivity contribution in [1.29, 1.82) is 0 Å². The van der Waals surface area contributed by atoms with E-state index in [4.69, 9.17) is 4.42 Å². The van der Waals surface area contributed by atoms with Crippen LogP contribution in [-0.2, 0) is 6.54 Å². The highest BCUT2D eigenvalue weighted by Crippen LogP contribution is 2.18. The van der Waals surface area contributed by atoms with E-state index in [2.05, 4.69) is 49.4 Å². The van der Waals surface area contributed by atoms with Gasteiger partial charge in [0.25, 0.3) is 5.91 Å². The first kappa shape index (κ1) is 17.2. The molecule has 1 aromatic carbocycles. The highest BCUT2D eigenvalue weighted by Gasteiger charge is 2.19. The van der Waals surface area contributed by atoms with Crippen molar-refractivity contribution < 1.29 is 9.21 Å². The minimum atomic E-state index is -0.322. The van der Waals surface area contributed by atoms with E-state index in [0.717, 1.165) is 38.5 Å². The number of piperazine rings is 1. The highest BCUT2D eigenvalue weighted by atomic mass is 16.3. The van der Waals surface area contributed by atoms with E-state index in [1.165, 1.54) is 18.2 Å². The summed E-state index contributed by atoms with van der Waals surface area (Å²) < 4.78 is 5.10. The van der Waals surface area contributed by atoms with Crippen LogP contribution in [0.5, 0.6) is 0 Å². The molecular weight excluding hydrogens is 342 g/mol. The molecule has 4 rings (SSSR count). The van der Waals surface area contributed by atoms with E-state index in [9.17, 15) is 4.79 Å². The molecule has 7 heteroatoms. The third-order valence-electron chi connectivity index (χ3n) is 4.58. The van der Waals surface area contributed by atoms with E-state index in [1.807, 2.05) is 6.07 Å². The van der Waals surface area contributed by atoms with Crippen LogP contribution in [0.25, 0.3) is 0 Å². The minimum absolute atomic E-state index is 0.254. The standard InChI is InChI=1S/C20H21N5O2/c26-20(17-7-4-12-27-17)23-18-13-19(22-15-21-18)25-10-8-24(9-11-25)14-16-5-2-1-3-6-16/h1-7,12-13,15H,8-11,14H2,(H,21,22,23,26). The highest BCUT2D eigenvalue weighted by molar-refractivity contribution is 6.01. The maximum Gasteiger partial charge on any atom is 0.292 e. The molecule has 2 aromatic heterocycles. The van der Waals surface area contributed by atoms with Crippen LogP contribution in [0.1, 0.15) is 16.1 Å². The summed E-state index contributed by atoms with van der Waals surface area (Å²) in [5.74, 6) is 1.22. The van der Waals surface area contributed by atoms with Crippen LogP contribution >= 0.6 is 0 Å². The summed E-state index contributed by atoms with van der Waals surface area (Å²) in [5.41, 5.74) is 1.33. The third-order valence-corrected chi connectivity index (χ3v) is 4.58. The lowest BCUT2D eigenvalue weighted by atomic mass is 10.2. The lowest BCUT2D eigenvalue weighted by molar-refractivity contribution is 0.0996. The zero-order valence-electron chi connectivity index (χ0n) is 14.9. The molecule has 0 radical (unpaired) electrons. The van der Waals surface area contributed by atoms with Gasteiger partial charge >= 0.3 is 0 Å². The molecule has 0 atom stereocenters. The lowest BCUT2D eigenvalue weighted by Gasteiger charge is -2.35. The smallest absolute Gasteiger partial charge is 0.292 e. The summed E-state index contributed by atoms with van der Waals surface area (Å²) in [6.07, 6.45) is 2.94. The fourth-order valence-electron chi connectivity index (χ4n) is 3.15.